The van der Waals surface area contributed by atoms with E-state index in [-0.39, 0.29) is 28.5 Å². The number of benzene rings is 2. The molecular formula is C26H24N4O2S. The van der Waals surface area contributed by atoms with E-state index in [0.29, 0.717) is 34.1 Å². The Labute approximate surface area is 198 Å². The number of nitrogens with two attached hydrogens (primary N) is 1. The molecule has 3 rings (SSSR count). The van der Waals surface area contributed by atoms with E-state index in [1.165, 1.54) is 0 Å². The van der Waals surface area contributed by atoms with Gasteiger partial charge in [-0.15, -0.1) is 0 Å². The zero-order chi connectivity index (χ0) is 24.1. The van der Waals surface area contributed by atoms with E-state index < -0.39 is 0 Å². The molecule has 6 nitrogen and oxygen atoms in total. The zero-order valence-corrected chi connectivity index (χ0v) is 19.8. The first-order valence-corrected chi connectivity index (χ1v) is 11.4. The van der Waals surface area contributed by atoms with Gasteiger partial charge in [0.15, 0.2) is 5.78 Å². The molecule has 2 N–H and O–H groups in total. The molecule has 1 aromatic heterocycles. The first-order valence-electron chi connectivity index (χ1n) is 10.4. The first kappa shape index (κ1) is 23.8. The second-order valence-corrected chi connectivity index (χ2v) is 8.54. The number of hydrogen-bond donors (Lipinski definition) is 1. The third-order valence-corrected chi connectivity index (χ3v) is 6.33. The van der Waals surface area contributed by atoms with E-state index in [2.05, 4.69) is 17.1 Å². The Kier molecular flexibility index (Phi) is 7.37. The number of pyridine rings is 1. The van der Waals surface area contributed by atoms with Crippen LogP contribution in [0.5, 0.6) is 5.75 Å². The van der Waals surface area contributed by atoms with Crippen molar-refractivity contribution in [2.45, 2.75) is 32.7 Å². The number of thioether (sulfide) groups is 1. The number of carbonyl (C=O) groups excluding carboxylic acids is 1. The van der Waals surface area contributed by atoms with E-state index >= 15 is 0 Å². The average molecular weight is 457 g/mol. The number of anilines is 1. The van der Waals surface area contributed by atoms with Crippen LogP contribution in [0.25, 0.3) is 11.1 Å². The summed E-state index contributed by atoms with van der Waals surface area (Å²) in [5.74, 6) is 0.748. The fourth-order valence-electron chi connectivity index (χ4n) is 3.55. The minimum Gasteiger partial charge on any atom is -0.494 e. The predicted octanol–water partition coefficient (Wildman–Crippen LogP) is 5.37. The highest BCUT2D eigenvalue weighted by molar-refractivity contribution is 8.00. The van der Waals surface area contributed by atoms with Gasteiger partial charge in [0.25, 0.3) is 0 Å². The molecule has 0 saturated carbocycles. The molecule has 0 radical (unpaired) electrons. The lowest BCUT2D eigenvalue weighted by Gasteiger charge is -2.14. The predicted molar refractivity (Wildman–Crippen MR) is 130 cm³/mol. The highest BCUT2D eigenvalue weighted by Crippen LogP contribution is 2.36. The van der Waals surface area contributed by atoms with Crippen molar-refractivity contribution in [3.8, 4) is 29.0 Å². The maximum absolute atomic E-state index is 12.9. The van der Waals surface area contributed by atoms with Crippen LogP contribution in [-0.4, -0.2) is 23.1 Å². The highest BCUT2D eigenvalue weighted by atomic mass is 32.2. The van der Waals surface area contributed by atoms with Gasteiger partial charge in [-0.2, -0.15) is 10.5 Å². The third-order valence-electron chi connectivity index (χ3n) is 5.35. The number of carbonyl (C=O) groups is 1. The summed E-state index contributed by atoms with van der Waals surface area (Å²) in [5, 5.41) is 20.0. The Morgan fingerprint density at radius 1 is 1.03 bits per heavy atom. The van der Waals surface area contributed by atoms with Crippen molar-refractivity contribution in [3.05, 3.63) is 69.8 Å². The van der Waals surface area contributed by atoms with E-state index in [1.807, 2.05) is 39.8 Å². The standard InChI is InChI=1S/C26H24N4O2S/c1-5-32-19-8-6-18(7-9-19)24-21(12-27)25(29)30-26(22(24)13-28)33-14-23(31)20-11-16(3)15(2)10-17(20)4/h6-11H,5,14H2,1-4H3,(H2,29,30). The number of rotatable bonds is 7. The first-order chi connectivity index (χ1) is 15.8. The van der Waals surface area contributed by atoms with E-state index in [1.54, 1.807) is 24.3 Å². The highest BCUT2D eigenvalue weighted by Gasteiger charge is 2.22. The summed E-state index contributed by atoms with van der Waals surface area (Å²) in [6.45, 7) is 8.31. The smallest absolute Gasteiger partial charge is 0.173 e. The van der Waals surface area contributed by atoms with Gasteiger partial charge in [-0.3, -0.25) is 4.79 Å². The number of hydrogen-bond acceptors (Lipinski definition) is 7. The zero-order valence-electron chi connectivity index (χ0n) is 19.0. The van der Waals surface area contributed by atoms with Gasteiger partial charge in [0.1, 0.15) is 34.3 Å². The van der Waals surface area contributed by atoms with Crippen LogP contribution >= 0.6 is 11.8 Å². The number of nitrogen functional groups attached to an aromatic ring is 1. The Morgan fingerprint density at radius 2 is 1.67 bits per heavy atom. The van der Waals surface area contributed by atoms with Gasteiger partial charge in [0.2, 0.25) is 0 Å². The number of aromatic nitrogens is 1. The fraction of sp³-hybridized carbons (Fsp3) is 0.231. The SMILES string of the molecule is CCOc1ccc(-c2c(C#N)c(N)nc(SCC(=O)c3cc(C)c(C)cc3C)c2C#N)cc1. The molecule has 0 atom stereocenters. The molecule has 7 heteroatoms. The Balaban J connectivity index is 2.00. The van der Waals surface area contributed by atoms with Crippen molar-refractivity contribution in [2.24, 2.45) is 0 Å². The van der Waals surface area contributed by atoms with Crippen LogP contribution in [0.3, 0.4) is 0 Å². The maximum atomic E-state index is 12.9. The number of Topliss-reactive ketones (excluding diaryl/α,β-unsaturated/α-hetero) is 1. The summed E-state index contributed by atoms with van der Waals surface area (Å²) < 4.78 is 5.48. The van der Waals surface area contributed by atoms with Gasteiger partial charge in [-0.05, 0) is 68.1 Å². The molecule has 0 spiro atoms. The molecule has 1 heterocycles. The molecule has 0 aliphatic rings. The minimum absolute atomic E-state index is 0.0256. The Morgan fingerprint density at radius 3 is 2.27 bits per heavy atom. The van der Waals surface area contributed by atoms with Gasteiger partial charge in [-0.25, -0.2) is 4.98 Å². The largest absolute Gasteiger partial charge is 0.494 e. The molecular weight excluding hydrogens is 432 g/mol. The second-order valence-electron chi connectivity index (χ2n) is 7.57. The summed E-state index contributed by atoms with van der Waals surface area (Å²) in [7, 11) is 0. The average Bonchev–Trinajstić information content (AvgIpc) is 2.80. The van der Waals surface area contributed by atoms with Crippen molar-refractivity contribution < 1.29 is 9.53 Å². The second kappa shape index (κ2) is 10.2. The number of aryl methyl sites for hydroxylation is 3. The third kappa shape index (κ3) is 5.00. The normalized spacial score (nSPS) is 10.4. The quantitative estimate of drug-likeness (QED) is 0.375. The van der Waals surface area contributed by atoms with Crippen molar-refractivity contribution in [1.82, 2.24) is 4.98 Å². The molecule has 2 aromatic carbocycles. The fourth-order valence-corrected chi connectivity index (χ4v) is 4.43. The lowest BCUT2D eigenvalue weighted by atomic mass is 9.97. The van der Waals surface area contributed by atoms with Crippen molar-refractivity contribution in [3.63, 3.8) is 0 Å². The summed E-state index contributed by atoms with van der Waals surface area (Å²) in [6.07, 6.45) is 0. The molecule has 0 saturated heterocycles. The topological polar surface area (TPSA) is 113 Å². The molecule has 0 bridgehead atoms. The number of nitriles is 2. The summed E-state index contributed by atoms with van der Waals surface area (Å²) in [6, 6.07) is 15.2. The minimum atomic E-state index is -0.0585. The van der Waals surface area contributed by atoms with Crippen LogP contribution in [0.2, 0.25) is 0 Å². The van der Waals surface area contributed by atoms with Crippen LogP contribution in [0.15, 0.2) is 41.4 Å². The molecule has 0 unspecified atom stereocenters. The van der Waals surface area contributed by atoms with Gasteiger partial charge in [0, 0.05) is 11.1 Å². The van der Waals surface area contributed by atoms with Gasteiger partial charge < -0.3 is 10.5 Å². The Bertz CT molecular complexity index is 1300. The maximum Gasteiger partial charge on any atom is 0.173 e. The lowest BCUT2D eigenvalue weighted by molar-refractivity contribution is 0.102. The van der Waals surface area contributed by atoms with Crippen LogP contribution in [0.1, 0.15) is 45.1 Å². The van der Waals surface area contributed by atoms with Crippen molar-refractivity contribution >= 4 is 23.4 Å². The monoisotopic (exact) mass is 456 g/mol. The van der Waals surface area contributed by atoms with E-state index in [0.717, 1.165) is 28.5 Å². The van der Waals surface area contributed by atoms with Crippen molar-refractivity contribution in [1.29, 1.82) is 10.5 Å². The molecule has 0 amide bonds. The molecule has 33 heavy (non-hydrogen) atoms. The van der Waals surface area contributed by atoms with Crippen LogP contribution < -0.4 is 10.5 Å². The van der Waals surface area contributed by atoms with Crippen LogP contribution in [0.4, 0.5) is 5.82 Å². The van der Waals surface area contributed by atoms with Crippen molar-refractivity contribution in [2.75, 3.05) is 18.1 Å². The molecule has 0 aliphatic heterocycles. The molecule has 0 fully saturated rings. The summed E-state index contributed by atoms with van der Waals surface area (Å²) in [5.41, 5.74) is 11.2. The van der Waals surface area contributed by atoms with Crippen LogP contribution in [-0.2, 0) is 0 Å². The summed E-state index contributed by atoms with van der Waals surface area (Å²) in [4.78, 5) is 17.2. The molecule has 3 aromatic rings. The summed E-state index contributed by atoms with van der Waals surface area (Å²) >= 11 is 1.15. The molecule has 166 valence electrons. The van der Waals surface area contributed by atoms with E-state index in [9.17, 15) is 15.3 Å². The van der Waals surface area contributed by atoms with Gasteiger partial charge in [0.05, 0.1) is 17.9 Å². The number of ether oxygens (including phenoxy) is 1. The molecule has 0 aliphatic carbocycles. The van der Waals surface area contributed by atoms with E-state index in [4.69, 9.17) is 10.5 Å². The van der Waals surface area contributed by atoms with Gasteiger partial charge >= 0.3 is 0 Å². The van der Waals surface area contributed by atoms with Gasteiger partial charge in [-0.1, -0.05) is 30.0 Å². The number of nitrogens with zero attached hydrogens (tertiary/aromatic N) is 3. The van der Waals surface area contributed by atoms with Crippen LogP contribution in [0, 0.1) is 43.4 Å². The Hall–Kier alpha value is -3.81. The number of ketones is 1. The lowest BCUT2D eigenvalue weighted by Crippen LogP contribution is -2.08.